The Morgan fingerprint density at radius 3 is 1.64 bits per heavy atom. The first-order chi connectivity index (χ1) is 12.8. The molecule has 8 heteroatoms. The van der Waals surface area contributed by atoms with E-state index in [1.54, 1.807) is 0 Å². The van der Waals surface area contributed by atoms with Crippen molar-refractivity contribution in [1.82, 2.24) is 9.34 Å². The molecule has 0 amide bonds. The molecule has 6 nitrogen and oxygen atoms in total. The average Bonchev–Trinajstić information content (AvgIpc) is 2.46. The summed E-state index contributed by atoms with van der Waals surface area (Å²) >= 11 is 1.25. The molecule has 168 valence electrons. The van der Waals surface area contributed by atoms with Crippen LogP contribution >= 0.6 is 20.2 Å². The van der Waals surface area contributed by atoms with Crippen LogP contribution in [0.2, 0.25) is 0 Å². The van der Waals surface area contributed by atoms with Crippen molar-refractivity contribution in [2.24, 2.45) is 0 Å². The van der Waals surface area contributed by atoms with Crippen molar-refractivity contribution in [2.45, 2.75) is 79.6 Å². The highest BCUT2D eigenvalue weighted by Gasteiger charge is 2.34. The van der Waals surface area contributed by atoms with Gasteiger partial charge in [-0.25, -0.2) is 9.34 Å². The van der Waals surface area contributed by atoms with Crippen molar-refractivity contribution in [3.05, 3.63) is 0 Å². The molecular formula is C20H45N3O3PS+. The molecule has 0 N–H and O–H groups in total. The molecule has 0 aliphatic rings. The fourth-order valence-corrected chi connectivity index (χ4v) is 6.15. The first-order valence-electron chi connectivity index (χ1n) is 10.3. The molecule has 0 heterocycles. The number of nitrogens with zero attached hydrogens (tertiary/aromatic N) is 3. The quantitative estimate of drug-likeness (QED) is 0.173. The van der Waals surface area contributed by atoms with Crippen molar-refractivity contribution in [3.8, 4) is 0 Å². The van der Waals surface area contributed by atoms with E-state index in [1.807, 2.05) is 21.1 Å². The van der Waals surface area contributed by atoms with E-state index in [-0.39, 0.29) is 5.12 Å². The highest BCUT2D eigenvalue weighted by atomic mass is 32.2. The van der Waals surface area contributed by atoms with Crippen LogP contribution in [0.25, 0.3) is 0 Å². The number of likely N-dealkylation sites (N-methyl/N-ethyl adjacent to an activating group) is 1. The van der Waals surface area contributed by atoms with E-state index in [0.717, 1.165) is 0 Å². The van der Waals surface area contributed by atoms with E-state index >= 15 is 0 Å². The molecule has 0 aromatic heterocycles. The Morgan fingerprint density at radius 1 is 0.857 bits per heavy atom. The lowest BCUT2D eigenvalue weighted by Gasteiger charge is -2.45. The van der Waals surface area contributed by atoms with Gasteiger partial charge in [-0.3, -0.25) is 4.79 Å². The second-order valence-electron chi connectivity index (χ2n) is 9.21. The van der Waals surface area contributed by atoms with Crippen LogP contribution in [0.3, 0.4) is 0 Å². The van der Waals surface area contributed by atoms with E-state index in [9.17, 15) is 4.79 Å². The summed E-state index contributed by atoms with van der Waals surface area (Å²) in [7, 11) is 5.15. The summed E-state index contributed by atoms with van der Waals surface area (Å²) in [5.74, 6) is 0.385. The number of carbonyl (C=O) groups is 1. The molecule has 28 heavy (non-hydrogen) atoms. The molecule has 0 saturated heterocycles. The lowest BCUT2D eigenvalue weighted by Crippen LogP contribution is -2.43. The van der Waals surface area contributed by atoms with Crippen LogP contribution in [0, 0.1) is 0 Å². The van der Waals surface area contributed by atoms with Crippen LogP contribution in [-0.4, -0.2) is 89.9 Å². The molecule has 0 aromatic carbocycles. The minimum absolute atomic E-state index is 0.159. The first-order valence-corrected chi connectivity index (χ1v) is 12.5. The van der Waals surface area contributed by atoms with Crippen LogP contribution < -0.4 is 0 Å². The van der Waals surface area contributed by atoms with Gasteiger partial charge in [0.15, 0.2) is 8.45 Å². The number of rotatable bonds is 14. The topological polar surface area (TPSA) is 42.0 Å². The fourth-order valence-electron chi connectivity index (χ4n) is 3.01. The first kappa shape index (κ1) is 28.2. The van der Waals surface area contributed by atoms with Gasteiger partial charge >= 0.3 is 0 Å². The monoisotopic (exact) mass is 438 g/mol. The average molecular weight is 439 g/mol. The Balaban J connectivity index is 4.71. The SMILES string of the molecule is CC(C)N(C(C)C)P(OCCOCSC(=O)C[N+](C)(C)C)N(C(C)C)C(C)C. The predicted octanol–water partition coefficient (Wildman–Crippen LogP) is 4.41. The van der Waals surface area contributed by atoms with Crippen LogP contribution in [0.5, 0.6) is 0 Å². The summed E-state index contributed by atoms with van der Waals surface area (Å²) in [6.07, 6.45) is 0. The van der Waals surface area contributed by atoms with Crippen LogP contribution in [-0.2, 0) is 14.1 Å². The molecular weight excluding hydrogens is 393 g/mol. The molecule has 0 aliphatic carbocycles. The van der Waals surface area contributed by atoms with Crippen LogP contribution in [0.15, 0.2) is 0 Å². The summed E-state index contributed by atoms with van der Waals surface area (Å²) in [4.78, 5) is 11.9. The van der Waals surface area contributed by atoms with E-state index in [1.165, 1.54) is 11.8 Å². The lowest BCUT2D eigenvalue weighted by atomic mass is 10.3. The number of quaternary nitrogens is 1. The number of hydrogen-bond acceptors (Lipinski definition) is 6. The Labute approximate surface area is 179 Å². The minimum Gasteiger partial charge on any atom is -0.368 e. The highest BCUT2D eigenvalue weighted by molar-refractivity contribution is 8.13. The number of ether oxygens (including phenoxy) is 1. The summed E-state index contributed by atoms with van der Waals surface area (Å²) in [5, 5.41) is 0.159. The van der Waals surface area contributed by atoms with Gasteiger partial charge in [-0.2, -0.15) is 0 Å². The largest absolute Gasteiger partial charge is 0.368 e. The molecule has 0 rings (SSSR count). The standard InChI is InChI=1S/C20H45N3O3PS/c1-16(2)21(17(3)4)27(22(18(5)6)19(7)8)26-13-12-25-15-28-20(24)14-23(9,10)11/h16-19H,12-15H2,1-11H3/q+1. The summed E-state index contributed by atoms with van der Waals surface area (Å²) < 4.78 is 17.6. The molecule has 0 aromatic rings. The third-order valence-corrected chi connectivity index (χ3v) is 7.64. The van der Waals surface area contributed by atoms with Gasteiger partial charge in [-0.05, 0) is 55.4 Å². The van der Waals surface area contributed by atoms with Crippen molar-refractivity contribution in [3.63, 3.8) is 0 Å². The van der Waals surface area contributed by atoms with Gasteiger partial charge in [0.1, 0.15) is 6.54 Å². The Hall–Kier alpha value is 0.250. The van der Waals surface area contributed by atoms with E-state index in [4.69, 9.17) is 9.26 Å². The maximum atomic E-state index is 11.9. The van der Waals surface area contributed by atoms with E-state index in [0.29, 0.717) is 54.3 Å². The summed E-state index contributed by atoms with van der Waals surface area (Å²) in [5.41, 5.74) is 0. The van der Waals surface area contributed by atoms with Crippen LogP contribution in [0.1, 0.15) is 55.4 Å². The number of thioether (sulfide) groups is 1. The molecule has 0 unspecified atom stereocenters. The normalized spacial score (nSPS) is 13.4. The Kier molecular flexibility index (Phi) is 13.7. The smallest absolute Gasteiger partial charge is 0.245 e. The Bertz CT molecular complexity index is 407. The third-order valence-electron chi connectivity index (χ3n) is 3.85. The zero-order valence-electron chi connectivity index (χ0n) is 20.1. The molecule has 0 atom stereocenters. The molecule has 0 spiro atoms. The zero-order chi connectivity index (χ0) is 22.1. The van der Waals surface area contributed by atoms with Gasteiger partial charge in [0.25, 0.3) is 0 Å². The van der Waals surface area contributed by atoms with Gasteiger partial charge in [0.2, 0.25) is 5.12 Å². The van der Waals surface area contributed by atoms with Gasteiger partial charge in [0.05, 0.1) is 40.3 Å². The number of hydrogen-bond donors (Lipinski definition) is 0. The second-order valence-corrected chi connectivity index (χ2v) is 11.9. The maximum Gasteiger partial charge on any atom is 0.245 e. The van der Waals surface area contributed by atoms with Crippen molar-refractivity contribution >= 4 is 25.3 Å². The van der Waals surface area contributed by atoms with Gasteiger partial charge < -0.3 is 13.7 Å². The van der Waals surface area contributed by atoms with Crippen molar-refractivity contribution < 1.29 is 18.5 Å². The van der Waals surface area contributed by atoms with Crippen LogP contribution in [0.4, 0.5) is 0 Å². The predicted molar refractivity (Wildman–Crippen MR) is 123 cm³/mol. The maximum absolute atomic E-state index is 11.9. The molecule has 0 saturated carbocycles. The fraction of sp³-hybridized carbons (Fsp3) is 0.950. The Morgan fingerprint density at radius 2 is 1.29 bits per heavy atom. The van der Waals surface area contributed by atoms with Crippen molar-refractivity contribution in [2.75, 3.05) is 46.8 Å². The molecule has 0 fully saturated rings. The minimum atomic E-state index is -0.887. The molecule has 0 radical (unpaired) electrons. The highest BCUT2D eigenvalue weighted by Crippen LogP contribution is 2.50. The van der Waals surface area contributed by atoms with Gasteiger partial charge in [-0.1, -0.05) is 11.8 Å². The zero-order valence-corrected chi connectivity index (χ0v) is 21.8. The van der Waals surface area contributed by atoms with Gasteiger partial charge in [0, 0.05) is 24.2 Å². The van der Waals surface area contributed by atoms with E-state index < -0.39 is 8.45 Å². The summed E-state index contributed by atoms with van der Waals surface area (Å²) in [6, 6.07) is 1.60. The van der Waals surface area contributed by atoms with Gasteiger partial charge in [-0.15, -0.1) is 0 Å². The lowest BCUT2D eigenvalue weighted by molar-refractivity contribution is -0.861. The number of carbonyl (C=O) groups excluding carboxylic acids is 1. The van der Waals surface area contributed by atoms with E-state index in [2.05, 4.69) is 64.7 Å². The third kappa shape index (κ3) is 11.4. The molecule has 0 aliphatic heterocycles. The summed E-state index contributed by atoms with van der Waals surface area (Å²) in [6.45, 7) is 19.3. The van der Waals surface area contributed by atoms with Crippen molar-refractivity contribution in [1.29, 1.82) is 0 Å². The molecule has 0 bridgehead atoms. The second kappa shape index (κ2) is 13.5.